The van der Waals surface area contributed by atoms with E-state index in [2.05, 4.69) is 10.4 Å². The minimum Gasteiger partial charge on any atom is -0.491 e. The summed E-state index contributed by atoms with van der Waals surface area (Å²) in [4.78, 5) is 19.4. The van der Waals surface area contributed by atoms with E-state index in [0.29, 0.717) is 22.8 Å². The molecule has 7 nitrogen and oxygen atoms in total. The van der Waals surface area contributed by atoms with Crippen molar-refractivity contribution in [3.05, 3.63) is 53.6 Å². The van der Waals surface area contributed by atoms with Gasteiger partial charge in [-0.05, 0) is 44.0 Å². The van der Waals surface area contributed by atoms with Crippen LogP contribution < -0.4 is 15.0 Å². The molecular weight excluding hydrogens is 361 g/mol. The lowest BCUT2D eigenvalue weighted by Gasteiger charge is -2.31. The van der Waals surface area contributed by atoms with Gasteiger partial charge in [0, 0.05) is 18.8 Å². The Labute approximate surface area is 161 Å². The van der Waals surface area contributed by atoms with Crippen LogP contribution >= 0.6 is 0 Å². The van der Waals surface area contributed by atoms with Crippen molar-refractivity contribution in [1.82, 2.24) is 19.9 Å². The number of amides is 1. The van der Waals surface area contributed by atoms with Crippen molar-refractivity contribution in [1.29, 1.82) is 0 Å². The molecule has 2 bridgehead atoms. The number of rotatable bonds is 0. The Bertz CT molecular complexity index is 1090. The van der Waals surface area contributed by atoms with Gasteiger partial charge in [0.15, 0.2) is 5.65 Å². The highest BCUT2D eigenvalue weighted by Crippen LogP contribution is 2.54. The lowest BCUT2D eigenvalue weighted by Crippen LogP contribution is -2.37. The van der Waals surface area contributed by atoms with Crippen LogP contribution in [0, 0.1) is 5.82 Å². The average molecular weight is 381 g/mol. The zero-order valence-electron chi connectivity index (χ0n) is 15.6. The molecule has 3 heterocycles. The third kappa shape index (κ3) is 2.51. The molecule has 3 aromatic rings. The minimum absolute atomic E-state index is 0.239. The lowest BCUT2D eigenvalue weighted by atomic mass is 10.0. The maximum absolute atomic E-state index is 14.1. The van der Waals surface area contributed by atoms with Crippen LogP contribution in [0.3, 0.4) is 0 Å². The summed E-state index contributed by atoms with van der Waals surface area (Å²) in [5, 5.41) is 7.14. The first-order chi connectivity index (χ1) is 13.5. The van der Waals surface area contributed by atoms with Crippen LogP contribution in [0.4, 0.5) is 10.2 Å². The van der Waals surface area contributed by atoms with Crippen molar-refractivity contribution in [2.75, 3.05) is 18.6 Å². The number of carbonyl (C=O) groups is 1. The van der Waals surface area contributed by atoms with E-state index in [4.69, 9.17) is 9.72 Å². The van der Waals surface area contributed by atoms with Crippen LogP contribution in [0.25, 0.3) is 5.65 Å². The van der Waals surface area contributed by atoms with Gasteiger partial charge in [-0.3, -0.25) is 4.79 Å². The van der Waals surface area contributed by atoms with Crippen LogP contribution in [-0.4, -0.2) is 40.2 Å². The molecule has 8 heteroatoms. The van der Waals surface area contributed by atoms with Crippen molar-refractivity contribution in [3.8, 4) is 5.75 Å². The Balaban J connectivity index is 1.70. The predicted octanol–water partition coefficient (Wildman–Crippen LogP) is 2.50. The lowest BCUT2D eigenvalue weighted by molar-refractivity contribution is 0.0928. The molecule has 28 heavy (non-hydrogen) atoms. The number of hydrogen-bond acceptors (Lipinski definition) is 5. The number of aromatic nitrogens is 3. The van der Waals surface area contributed by atoms with E-state index in [0.717, 1.165) is 18.4 Å². The molecule has 144 valence electrons. The highest BCUT2D eigenvalue weighted by atomic mass is 19.1. The first-order valence-electron chi connectivity index (χ1n) is 9.30. The highest BCUT2D eigenvalue weighted by Gasteiger charge is 2.50. The number of halogens is 1. The summed E-state index contributed by atoms with van der Waals surface area (Å²) in [5.74, 6) is 0.782. The van der Waals surface area contributed by atoms with Gasteiger partial charge in [0.2, 0.25) is 0 Å². The zero-order chi connectivity index (χ0) is 19.5. The maximum Gasteiger partial charge on any atom is 0.257 e. The third-order valence-electron chi connectivity index (χ3n) is 5.62. The molecule has 0 saturated heterocycles. The zero-order valence-corrected chi connectivity index (χ0v) is 15.6. The Morgan fingerprint density at radius 1 is 1.32 bits per heavy atom. The van der Waals surface area contributed by atoms with Crippen LogP contribution in [0.1, 0.15) is 35.7 Å². The summed E-state index contributed by atoms with van der Waals surface area (Å²) in [5.41, 5.74) is 1.33. The van der Waals surface area contributed by atoms with E-state index < -0.39 is 0 Å². The van der Waals surface area contributed by atoms with Crippen LogP contribution in [0.5, 0.6) is 5.75 Å². The SMILES string of the molecule is CC1COc2ccc(F)cc2C2(CC2)N(C)c2ccn3ncc(c3n2)C(=O)N1. The highest BCUT2D eigenvalue weighted by molar-refractivity contribution is 5.99. The fourth-order valence-corrected chi connectivity index (χ4v) is 3.88. The van der Waals surface area contributed by atoms with Crippen molar-refractivity contribution >= 4 is 17.4 Å². The second-order valence-corrected chi connectivity index (χ2v) is 7.53. The van der Waals surface area contributed by atoms with Crippen LogP contribution in [0.2, 0.25) is 0 Å². The number of ether oxygens (including phenoxy) is 1. The molecule has 1 spiro atoms. The van der Waals surface area contributed by atoms with E-state index in [9.17, 15) is 9.18 Å². The molecule has 5 rings (SSSR count). The van der Waals surface area contributed by atoms with Gasteiger partial charge in [0.1, 0.15) is 29.6 Å². The molecule has 2 aliphatic rings. The summed E-state index contributed by atoms with van der Waals surface area (Å²) in [6, 6.07) is 6.22. The molecule has 1 aromatic carbocycles. The Morgan fingerprint density at radius 3 is 2.93 bits per heavy atom. The summed E-state index contributed by atoms with van der Waals surface area (Å²) < 4.78 is 21.7. The molecule has 2 aromatic heterocycles. The van der Waals surface area contributed by atoms with Crippen molar-refractivity contribution in [2.45, 2.75) is 31.3 Å². The smallest absolute Gasteiger partial charge is 0.257 e. The normalized spacial score (nSPS) is 20.8. The second-order valence-electron chi connectivity index (χ2n) is 7.53. The number of hydrogen-bond donors (Lipinski definition) is 1. The molecule has 1 fully saturated rings. The standard InChI is InChI=1S/C20H20FN5O2/c1-12-11-28-16-4-3-13(21)9-15(16)20(6-7-20)25(2)17-5-8-26-18(24-17)14(10-22-26)19(27)23-12/h3-5,8-10,12H,6-7,11H2,1-2H3,(H,23,27). The summed E-state index contributed by atoms with van der Waals surface area (Å²) in [7, 11) is 1.94. The molecule has 1 N–H and O–H groups in total. The Kier molecular flexibility index (Phi) is 3.59. The average Bonchev–Trinajstić information content (AvgIpc) is 3.38. The first-order valence-corrected chi connectivity index (χ1v) is 9.30. The number of fused-ring (bicyclic) bond motifs is 3. The number of benzene rings is 1. The topological polar surface area (TPSA) is 71.8 Å². The van der Waals surface area contributed by atoms with Gasteiger partial charge >= 0.3 is 0 Å². The maximum atomic E-state index is 14.1. The van der Waals surface area contributed by atoms with Gasteiger partial charge in [-0.2, -0.15) is 5.10 Å². The Morgan fingerprint density at radius 2 is 2.14 bits per heavy atom. The van der Waals surface area contributed by atoms with Gasteiger partial charge in [-0.1, -0.05) is 0 Å². The molecule has 1 aliphatic heterocycles. The van der Waals surface area contributed by atoms with Gasteiger partial charge in [-0.25, -0.2) is 13.9 Å². The number of nitrogens with zero attached hydrogens (tertiary/aromatic N) is 4. The van der Waals surface area contributed by atoms with Crippen LogP contribution in [0.15, 0.2) is 36.7 Å². The number of anilines is 1. The molecule has 1 unspecified atom stereocenters. The number of carbonyl (C=O) groups excluding carboxylic acids is 1. The third-order valence-corrected chi connectivity index (χ3v) is 5.62. The molecule has 1 aliphatic carbocycles. The summed E-state index contributed by atoms with van der Waals surface area (Å²) in [6.45, 7) is 2.14. The second kappa shape index (κ2) is 5.92. The molecule has 1 saturated carbocycles. The van der Waals surface area contributed by atoms with Crippen molar-refractivity contribution in [2.24, 2.45) is 0 Å². The van der Waals surface area contributed by atoms with Gasteiger partial charge in [0.05, 0.1) is 17.8 Å². The van der Waals surface area contributed by atoms with E-state index in [1.165, 1.54) is 12.3 Å². The van der Waals surface area contributed by atoms with E-state index >= 15 is 0 Å². The van der Waals surface area contributed by atoms with Crippen molar-refractivity contribution < 1.29 is 13.9 Å². The van der Waals surface area contributed by atoms with Gasteiger partial charge < -0.3 is 15.0 Å². The fraction of sp³-hybridized carbons (Fsp3) is 0.350. The van der Waals surface area contributed by atoms with E-state index in [-0.39, 0.29) is 29.9 Å². The molecule has 1 amide bonds. The minimum atomic E-state index is -0.377. The van der Waals surface area contributed by atoms with Gasteiger partial charge in [-0.15, -0.1) is 0 Å². The largest absolute Gasteiger partial charge is 0.491 e. The van der Waals surface area contributed by atoms with E-state index in [1.54, 1.807) is 22.8 Å². The quantitative estimate of drug-likeness (QED) is 0.648. The fourth-order valence-electron chi connectivity index (χ4n) is 3.88. The van der Waals surface area contributed by atoms with Crippen molar-refractivity contribution in [3.63, 3.8) is 0 Å². The van der Waals surface area contributed by atoms with Crippen LogP contribution in [-0.2, 0) is 5.54 Å². The summed E-state index contributed by atoms with van der Waals surface area (Å²) >= 11 is 0. The monoisotopic (exact) mass is 381 g/mol. The predicted molar refractivity (Wildman–Crippen MR) is 101 cm³/mol. The Hall–Kier alpha value is -3.16. The van der Waals surface area contributed by atoms with E-state index in [1.807, 2.05) is 24.9 Å². The molecule has 0 radical (unpaired) electrons. The summed E-state index contributed by atoms with van der Waals surface area (Å²) in [6.07, 6.45) is 5.04. The molecular formula is C20H20FN5O2. The number of nitrogens with one attached hydrogen (secondary N) is 1. The van der Waals surface area contributed by atoms with Gasteiger partial charge in [0.25, 0.3) is 5.91 Å². The molecule has 1 atom stereocenters. The first kappa shape index (κ1) is 17.0.